The first kappa shape index (κ1) is 16.8. The van der Waals surface area contributed by atoms with Gasteiger partial charge in [-0.3, -0.25) is 4.79 Å². The van der Waals surface area contributed by atoms with Gasteiger partial charge in [-0.15, -0.1) is 0 Å². The molecular formula is C17H20N2O4. The van der Waals surface area contributed by atoms with Crippen LogP contribution in [-0.2, 0) is 9.53 Å². The third-order valence-electron chi connectivity index (χ3n) is 4.04. The molecule has 2 rings (SSSR count). The number of hydrogen-bond donors (Lipinski definition) is 2. The van der Waals surface area contributed by atoms with Crippen LogP contribution >= 0.6 is 0 Å². The first-order chi connectivity index (χ1) is 11.0. The van der Waals surface area contributed by atoms with Gasteiger partial charge in [0.1, 0.15) is 11.3 Å². The van der Waals surface area contributed by atoms with E-state index in [4.69, 9.17) is 4.74 Å². The molecule has 1 aliphatic rings. The molecule has 0 spiro atoms. The largest absolute Gasteiger partial charge is 0.508 e. The molecule has 0 aromatic heterocycles. The molecule has 0 heterocycles. The number of hydrogen-bond acceptors (Lipinski definition) is 5. The van der Waals surface area contributed by atoms with Crippen LogP contribution in [0.2, 0.25) is 0 Å². The minimum atomic E-state index is -0.997. The molecule has 1 saturated carbocycles. The van der Waals surface area contributed by atoms with Crippen molar-refractivity contribution < 1.29 is 19.4 Å². The third-order valence-corrected chi connectivity index (χ3v) is 4.04. The monoisotopic (exact) mass is 316 g/mol. The summed E-state index contributed by atoms with van der Waals surface area (Å²) in [6.07, 6.45) is 3.10. The van der Waals surface area contributed by atoms with Gasteiger partial charge >= 0.3 is 5.97 Å². The van der Waals surface area contributed by atoms with Gasteiger partial charge in [0, 0.05) is 0 Å². The van der Waals surface area contributed by atoms with Crippen molar-refractivity contribution >= 4 is 11.9 Å². The summed E-state index contributed by atoms with van der Waals surface area (Å²) in [5.74, 6) is -1.08. The van der Waals surface area contributed by atoms with Crippen LogP contribution in [0.3, 0.4) is 0 Å². The number of rotatable bonds is 4. The summed E-state index contributed by atoms with van der Waals surface area (Å²) in [6, 6.07) is 7.77. The number of phenols is 1. The van der Waals surface area contributed by atoms with Crippen LogP contribution in [0.1, 0.15) is 49.4 Å². The van der Waals surface area contributed by atoms with Gasteiger partial charge in [-0.2, -0.15) is 5.26 Å². The first-order valence-corrected chi connectivity index (χ1v) is 7.69. The maximum absolute atomic E-state index is 12.2. The number of benzene rings is 1. The Morgan fingerprint density at radius 1 is 1.26 bits per heavy atom. The molecule has 1 aromatic rings. The van der Waals surface area contributed by atoms with Crippen molar-refractivity contribution in [3.05, 3.63) is 29.8 Å². The SMILES string of the molecule is C[C@H](OC(=O)c1ccc(O)cc1)C(=O)NC1(C#N)CCCCC1. The molecule has 1 aromatic carbocycles. The van der Waals surface area contributed by atoms with Gasteiger partial charge in [-0.25, -0.2) is 4.79 Å². The molecule has 2 N–H and O–H groups in total. The van der Waals surface area contributed by atoms with Gasteiger partial charge in [0.2, 0.25) is 0 Å². The molecule has 0 aliphatic heterocycles. The fourth-order valence-corrected chi connectivity index (χ4v) is 2.64. The predicted octanol–water partition coefficient (Wildman–Crippen LogP) is 2.28. The number of amides is 1. The molecule has 122 valence electrons. The summed E-state index contributed by atoms with van der Waals surface area (Å²) < 4.78 is 5.13. The van der Waals surface area contributed by atoms with E-state index in [2.05, 4.69) is 11.4 Å². The second-order valence-electron chi connectivity index (χ2n) is 5.84. The second kappa shape index (κ2) is 7.14. The fourth-order valence-electron chi connectivity index (χ4n) is 2.64. The zero-order chi connectivity index (χ0) is 16.9. The fraction of sp³-hybridized carbons (Fsp3) is 0.471. The summed E-state index contributed by atoms with van der Waals surface area (Å²) in [4.78, 5) is 24.2. The Balaban J connectivity index is 1.95. The molecule has 1 aliphatic carbocycles. The van der Waals surface area contributed by atoms with Gasteiger partial charge in [0.25, 0.3) is 5.91 Å². The lowest BCUT2D eigenvalue weighted by molar-refractivity contribution is -0.130. The lowest BCUT2D eigenvalue weighted by atomic mass is 9.83. The molecule has 6 nitrogen and oxygen atoms in total. The number of aromatic hydroxyl groups is 1. The minimum absolute atomic E-state index is 0.0422. The Morgan fingerprint density at radius 2 is 1.87 bits per heavy atom. The Morgan fingerprint density at radius 3 is 2.43 bits per heavy atom. The number of carbonyl (C=O) groups excluding carboxylic acids is 2. The number of nitrogens with one attached hydrogen (secondary N) is 1. The van der Waals surface area contributed by atoms with Crippen molar-refractivity contribution in [1.82, 2.24) is 5.32 Å². The second-order valence-corrected chi connectivity index (χ2v) is 5.84. The highest BCUT2D eigenvalue weighted by atomic mass is 16.5. The van der Waals surface area contributed by atoms with Crippen molar-refractivity contribution in [3.63, 3.8) is 0 Å². The summed E-state index contributed by atoms with van der Waals surface area (Å²) in [7, 11) is 0. The summed E-state index contributed by atoms with van der Waals surface area (Å²) in [5, 5.41) is 21.3. The minimum Gasteiger partial charge on any atom is -0.508 e. The zero-order valence-electron chi connectivity index (χ0n) is 13.0. The summed E-state index contributed by atoms with van der Waals surface area (Å²) in [5.41, 5.74) is -0.607. The number of nitrogens with zero attached hydrogens (tertiary/aromatic N) is 1. The van der Waals surface area contributed by atoms with Crippen molar-refractivity contribution in [2.24, 2.45) is 0 Å². The van der Waals surface area contributed by atoms with E-state index in [1.54, 1.807) is 0 Å². The molecule has 6 heteroatoms. The number of phenolic OH excluding ortho intramolecular Hbond substituents is 1. The van der Waals surface area contributed by atoms with E-state index in [9.17, 15) is 20.0 Å². The van der Waals surface area contributed by atoms with E-state index in [0.29, 0.717) is 12.8 Å². The van der Waals surface area contributed by atoms with Crippen molar-refractivity contribution in [3.8, 4) is 11.8 Å². The highest BCUT2D eigenvalue weighted by Gasteiger charge is 2.35. The molecular weight excluding hydrogens is 296 g/mol. The molecule has 23 heavy (non-hydrogen) atoms. The van der Waals surface area contributed by atoms with E-state index in [1.807, 2.05) is 0 Å². The van der Waals surface area contributed by atoms with Gasteiger partial charge in [-0.1, -0.05) is 19.3 Å². The molecule has 1 amide bonds. The zero-order valence-corrected chi connectivity index (χ0v) is 13.0. The van der Waals surface area contributed by atoms with Gasteiger partial charge in [0.05, 0.1) is 11.6 Å². The van der Waals surface area contributed by atoms with Crippen molar-refractivity contribution in [2.45, 2.75) is 50.7 Å². The Kier molecular flexibility index (Phi) is 5.22. The number of esters is 1. The van der Waals surface area contributed by atoms with Gasteiger partial charge in [-0.05, 0) is 44.0 Å². The highest BCUT2D eigenvalue weighted by Crippen LogP contribution is 2.27. The number of nitriles is 1. The topological polar surface area (TPSA) is 99.4 Å². The molecule has 1 atom stereocenters. The van der Waals surface area contributed by atoms with Crippen LogP contribution < -0.4 is 5.32 Å². The average Bonchev–Trinajstić information content (AvgIpc) is 2.56. The number of ether oxygens (including phenoxy) is 1. The van der Waals surface area contributed by atoms with Crippen LogP contribution in [0.15, 0.2) is 24.3 Å². The van der Waals surface area contributed by atoms with Crippen LogP contribution in [0.4, 0.5) is 0 Å². The van der Waals surface area contributed by atoms with Crippen molar-refractivity contribution in [2.75, 3.05) is 0 Å². The molecule has 0 radical (unpaired) electrons. The van der Waals surface area contributed by atoms with E-state index >= 15 is 0 Å². The lowest BCUT2D eigenvalue weighted by Gasteiger charge is -2.32. The molecule has 0 unspecified atom stereocenters. The number of carbonyl (C=O) groups is 2. The lowest BCUT2D eigenvalue weighted by Crippen LogP contribution is -2.52. The smallest absolute Gasteiger partial charge is 0.338 e. The normalized spacial score (nSPS) is 17.6. The molecule has 1 fully saturated rings. The van der Waals surface area contributed by atoms with E-state index in [-0.39, 0.29) is 11.3 Å². The van der Waals surface area contributed by atoms with E-state index in [1.165, 1.54) is 31.2 Å². The standard InChI is InChI=1S/C17H20N2O4/c1-12(23-16(22)13-5-7-14(20)8-6-13)15(21)19-17(11-18)9-3-2-4-10-17/h5-8,12,20H,2-4,9-10H2,1H3,(H,19,21)/t12-/m0/s1. The third kappa shape index (κ3) is 4.22. The Hall–Kier alpha value is -2.55. The Bertz CT molecular complexity index is 612. The van der Waals surface area contributed by atoms with Gasteiger partial charge in [0.15, 0.2) is 6.10 Å². The maximum atomic E-state index is 12.2. The molecule has 0 bridgehead atoms. The predicted molar refractivity (Wildman–Crippen MR) is 82.6 cm³/mol. The Labute approximate surface area is 135 Å². The van der Waals surface area contributed by atoms with Crippen LogP contribution in [0.5, 0.6) is 5.75 Å². The summed E-state index contributed by atoms with van der Waals surface area (Å²) in [6.45, 7) is 1.47. The summed E-state index contributed by atoms with van der Waals surface area (Å²) >= 11 is 0. The molecule has 0 saturated heterocycles. The van der Waals surface area contributed by atoms with Crippen molar-refractivity contribution in [1.29, 1.82) is 5.26 Å². The quantitative estimate of drug-likeness (QED) is 0.830. The van der Waals surface area contributed by atoms with E-state index in [0.717, 1.165) is 19.3 Å². The first-order valence-electron chi connectivity index (χ1n) is 7.69. The maximum Gasteiger partial charge on any atom is 0.338 e. The van der Waals surface area contributed by atoms with Crippen LogP contribution in [0.25, 0.3) is 0 Å². The van der Waals surface area contributed by atoms with Crippen LogP contribution in [-0.4, -0.2) is 28.6 Å². The van der Waals surface area contributed by atoms with Gasteiger partial charge < -0.3 is 15.2 Å². The highest BCUT2D eigenvalue weighted by molar-refractivity contribution is 5.92. The average molecular weight is 316 g/mol. The van der Waals surface area contributed by atoms with E-state index < -0.39 is 23.5 Å². The van der Waals surface area contributed by atoms with Crippen LogP contribution in [0, 0.1) is 11.3 Å².